The van der Waals surface area contributed by atoms with Crippen LogP contribution in [0.15, 0.2) is 54.6 Å². The van der Waals surface area contributed by atoms with E-state index in [4.69, 9.17) is 11.6 Å². The molecule has 3 aromatic rings. The van der Waals surface area contributed by atoms with Crippen molar-refractivity contribution in [2.24, 2.45) is 0 Å². The molecule has 0 spiro atoms. The summed E-state index contributed by atoms with van der Waals surface area (Å²) >= 11 is 6.24. The lowest BCUT2D eigenvalue weighted by atomic mass is 10.1. The van der Waals surface area contributed by atoms with Crippen molar-refractivity contribution in [3.63, 3.8) is 0 Å². The van der Waals surface area contributed by atoms with Gasteiger partial charge in [0.1, 0.15) is 0 Å². The summed E-state index contributed by atoms with van der Waals surface area (Å²) in [4.78, 5) is 17.3. The highest BCUT2D eigenvalue weighted by Crippen LogP contribution is 2.20. The van der Waals surface area contributed by atoms with Crippen LogP contribution < -0.4 is 0 Å². The molecule has 30 heavy (non-hydrogen) atoms. The standard InChI is InChI=1S/C24H27ClN4O/c1-18-23(25)19(2)29(26-18)17-21-8-10-22(11-9-21)24(30)28-14-12-27(13-15-28)16-20-6-4-3-5-7-20/h3-11H,12-17H2,1-2H3. The summed E-state index contributed by atoms with van der Waals surface area (Å²) in [6.07, 6.45) is 0. The Bertz CT molecular complexity index is 1010. The van der Waals surface area contributed by atoms with E-state index in [0.29, 0.717) is 11.6 Å². The Morgan fingerprint density at radius 1 is 0.900 bits per heavy atom. The van der Waals surface area contributed by atoms with Crippen molar-refractivity contribution in [2.45, 2.75) is 26.9 Å². The molecule has 2 heterocycles. The lowest BCUT2D eigenvalue weighted by Gasteiger charge is -2.34. The highest BCUT2D eigenvalue weighted by atomic mass is 35.5. The number of rotatable bonds is 5. The zero-order valence-corrected chi connectivity index (χ0v) is 18.3. The fourth-order valence-electron chi connectivity index (χ4n) is 3.89. The van der Waals surface area contributed by atoms with Crippen molar-refractivity contribution in [1.82, 2.24) is 19.6 Å². The third-order valence-electron chi connectivity index (χ3n) is 5.73. The zero-order chi connectivity index (χ0) is 21.1. The molecule has 0 saturated carbocycles. The van der Waals surface area contributed by atoms with Gasteiger partial charge < -0.3 is 4.90 Å². The second-order valence-electron chi connectivity index (χ2n) is 7.89. The topological polar surface area (TPSA) is 41.4 Å². The molecule has 1 aromatic heterocycles. The number of aryl methyl sites for hydroxylation is 1. The molecule has 1 aliphatic rings. The van der Waals surface area contributed by atoms with Gasteiger partial charge in [0.15, 0.2) is 0 Å². The lowest BCUT2D eigenvalue weighted by molar-refractivity contribution is 0.0628. The van der Waals surface area contributed by atoms with Gasteiger partial charge in [0, 0.05) is 38.3 Å². The van der Waals surface area contributed by atoms with E-state index in [-0.39, 0.29) is 5.91 Å². The maximum Gasteiger partial charge on any atom is 0.253 e. The van der Waals surface area contributed by atoms with E-state index in [0.717, 1.165) is 55.2 Å². The predicted molar refractivity (Wildman–Crippen MR) is 120 cm³/mol. The molecule has 1 amide bonds. The molecule has 156 valence electrons. The molecular weight excluding hydrogens is 396 g/mol. The second-order valence-corrected chi connectivity index (χ2v) is 8.27. The van der Waals surface area contributed by atoms with Crippen LogP contribution in [-0.2, 0) is 13.1 Å². The molecule has 0 aliphatic carbocycles. The van der Waals surface area contributed by atoms with Crippen molar-refractivity contribution in [3.05, 3.63) is 87.7 Å². The number of nitrogens with zero attached hydrogens (tertiary/aromatic N) is 4. The quantitative estimate of drug-likeness (QED) is 0.620. The predicted octanol–water partition coefficient (Wildman–Crippen LogP) is 4.16. The van der Waals surface area contributed by atoms with Crippen LogP contribution in [0.4, 0.5) is 0 Å². The van der Waals surface area contributed by atoms with Gasteiger partial charge in [0.2, 0.25) is 0 Å². The molecule has 0 unspecified atom stereocenters. The fraction of sp³-hybridized carbons (Fsp3) is 0.333. The molecule has 1 fully saturated rings. The Hall–Kier alpha value is -2.63. The van der Waals surface area contributed by atoms with Crippen LogP contribution in [0.3, 0.4) is 0 Å². The third kappa shape index (κ3) is 4.58. The summed E-state index contributed by atoms with van der Waals surface area (Å²) in [7, 11) is 0. The largest absolute Gasteiger partial charge is 0.336 e. The number of hydrogen-bond donors (Lipinski definition) is 0. The van der Waals surface area contributed by atoms with Crippen molar-refractivity contribution in [1.29, 1.82) is 0 Å². The maximum atomic E-state index is 12.9. The van der Waals surface area contributed by atoms with Crippen LogP contribution in [-0.4, -0.2) is 51.7 Å². The third-order valence-corrected chi connectivity index (χ3v) is 6.28. The number of benzene rings is 2. The Morgan fingerprint density at radius 2 is 1.53 bits per heavy atom. The monoisotopic (exact) mass is 422 g/mol. The first kappa shape index (κ1) is 20.6. The minimum atomic E-state index is 0.107. The number of amides is 1. The molecular formula is C24H27ClN4O. The first-order valence-electron chi connectivity index (χ1n) is 10.4. The van der Waals surface area contributed by atoms with E-state index in [1.165, 1.54) is 5.56 Å². The maximum absolute atomic E-state index is 12.9. The van der Waals surface area contributed by atoms with E-state index in [1.807, 2.05) is 53.8 Å². The molecule has 2 aromatic carbocycles. The summed E-state index contributed by atoms with van der Waals surface area (Å²) in [5.41, 5.74) is 4.95. The van der Waals surface area contributed by atoms with Gasteiger partial charge in [0.05, 0.1) is 23.0 Å². The van der Waals surface area contributed by atoms with Gasteiger partial charge >= 0.3 is 0 Å². The van der Waals surface area contributed by atoms with Gasteiger partial charge in [-0.25, -0.2) is 0 Å². The fourth-order valence-corrected chi connectivity index (χ4v) is 4.02. The number of hydrogen-bond acceptors (Lipinski definition) is 3. The normalized spacial score (nSPS) is 14.8. The van der Waals surface area contributed by atoms with Gasteiger partial charge in [0.25, 0.3) is 5.91 Å². The van der Waals surface area contributed by atoms with Gasteiger partial charge in [-0.2, -0.15) is 5.10 Å². The lowest BCUT2D eigenvalue weighted by Crippen LogP contribution is -2.48. The molecule has 0 N–H and O–H groups in total. The summed E-state index contributed by atoms with van der Waals surface area (Å²) < 4.78 is 1.90. The van der Waals surface area contributed by atoms with Crippen molar-refractivity contribution >= 4 is 17.5 Å². The zero-order valence-electron chi connectivity index (χ0n) is 17.5. The molecule has 0 bridgehead atoms. The van der Waals surface area contributed by atoms with Gasteiger partial charge in [-0.05, 0) is 37.1 Å². The molecule has 4 rings (SSSR count). The van der Waals surface area contributed by atoms with Gasteiger partial charge in [-0.1, -0.05) is 54.1 Å². The SMILES string of the molecule is Cc1nn(Cc2ccc(C(=O)N3CCN(Cc4ccccc4)CC3)cc2)c(C)c1Cl. The molecule has 5 nitrogen and oxygen atoms in total. The summed E-state index contributed by atoms with van der Waals surface area (Å²) in [5.74, 6) is 0.107. The second kappa shape index (κ2) is 9.02. The first-order valence-corrected chi connectivity index (χ1v) is 10.7. The number of piperazine rings is 1. The Morgan fingerprint density at radius 3 is 2.13 bits per heavy atom. The highest BCUT2D eigenvalue weighted by molar-refractivity contribution is 6.31. The average molecular weight is 423 g/mol. The minimum absolute atomic E-state index is 0.107. The Kier molecular flexibility index (Phi) is 6.21. The molecule has 0 atom stereocenters. The Labute approximate surface area is 182 Å². The van der Waals surface area contributed by atoms with E-state index >= 15 is 0 Å². The number of carbonyl (C=O) groups is 1. The Balaban J connectivity index is 1.33. The van der Waals surface area contributed by atoms with Crippen LogP contribution in [0.2, 0.25) is 5.02 Å². The first-order chi connectivity index (χ1) is 14.5. The van der Waals surface area contributed by atoms with Crippen molar-refractivity contribution in [2.75, 3.05) is 26.2 Å². The summed E-state index contributed by atoms with van der Waals surface area (Å²) in [5, 5.41) is 5.19. The molecule has 1 saturated heterocycles. The highest BCUT2D eigenvalue weighted by Gasteiger charge is 2.22. The van der Waals surface area contributed by atoms with E-state index in [1.54, 1.807) is 0 Å². The van der Waals surface area contributed by atoms with Crippen LogP contribution in [0.5, 0.6) is 0 Å². The van der Waals surface area contributed by atoms with Crippen LogP contribution in [0.25, 0.3) is 0 Å². The van der Waals surface area contributed by atoms with Crippen molar-refractivity contribution < 1.29 is 4.79 Å². The summed E-state index contributed by atoms with van der Waals surface area (Å²) in [6, 6.07) is 18.3. The number of carbonyl (C=O) groups excluding carboxylic acids is 1. The minimum Gasteiger partial charge on any atom is -0.336 e. The van der Waals surface area contributed by atoms with E-state index in [9.17, 15) is 4.79 Å². The van der Waals surface area contributed by atoms with Gasteiger partial charge in [-0.3, -0.25) is 14.4 Å². The molecule has 1 aliphatic heterocycles. The van der Waals surface area contributed by atoms with E-state index < -0.39 is 0 Å². The summed E-state index contributed by atoms with van der Waals surface area (Å²) in [6.45, 7) is 8.79. The number of halogens is 1. The number of aromatic nitrogens is 2. The molecule has 0 radical (unpaired) electrons. The average Bonchev–Trinajstić information content (AvgIpc) is 3.01. The molecule has 6 heteroatoms. The van der Waals surface area contributed by atoms with Gasteiger partial charge in [-0.15, -0.1) is 0 Å². The van der Waals surface area contributed by atoms with E-state index in [2.05, 4.69) is 34.3 Å². The van der Waals surface area contributed by atoms with Crippen LogP contribution >= 0.6 is 11.6 Å². The van der Waals surface area contributed by atoms with Crippen molar-refractivity contribution in [3.8, 4) is 0 Å². The smallest absolute Gasteiger partial charge is 0.253 e. The van der Waals surface area contributed by atoms with Crippen LogP contribution in [0.1, 0.15) is 32.9 Å². The van der Waals surface area contributed by atoms with Crippen LogP contribution in [0, 0.1) is 13.8 Å².